The Bertz CT molecular complexity index is 579. The monoisotopic (exact) mass is 276 g/mol. The van der Waals surface area contributed by atoms with Gasteiger partial charge in [0.25, 0.3) is 0 Å². The predicted octanol–water partition coefficient (Wildman–Crippen LogP) is 1.67. The standard InChI is InChI=1S/C13H20N6O/c1-3-13(4-2)7-10(5-6-20-13)15-11-8-14-9-12-16-17-18-19(11)12/h8-10,15H,3-7H2,1-2H3. The van der Waals surface area contributed by atoms with Gasteiger partial charge in [-0.05, 0) is 36.1 Å². The van der Waals surface area contributed by atoms with Gasteiger partial charge in [-0.1, -0.05) is 13.8 Å². The number of hydrogen-bond donors (Lipinski definition) is 1. The summed E-state index contributed by atoms with van der Waals surface area (Å²) in [7, 11) is 0. The summed E-state index contributed by atoms with van der Waals surface area (Å²) < 4.78 is 7.68. The van der Waals surface area contributed by atoms with Crippen LogP contribution in [0.5, 0.6) is 0 Å². The zero-order chi connectivity index (χ0) is 14.0. The molecule has 1 aliphatic rings. The van der Waals surface area contributed by atoms with Crippen LogP contribution in [0.25, 0.3) is 5.65 Å². The average Bonchev–Trinajstić information content (AvgIpc) is 2.97. The van der Waals surface area contributed by atoms with Crippen LogP contribution in [0.15, 0.2) is 12.4 Å². The van der Waals surface area contributed by atoms with Crippen molar-refractivity contribution in [3.8, 4) is 0 Å². The molecular weight excluding hydrogens is 256 g/mol. The Hall–Kier alpha value is -1.76. The first-order valence-electron chi connectivity index (χ1n) is 7.19. The second-order valence-corrected chi connectivity index (χ2v) is 5.31. The molecule has 0 aliphatic carbocycles. The first-order valence-corrected chi connectivity index (χ1v) is 7.19. The summed E-state index contributed by atoms with van der Waals surface area (Å²) in [6.07, 6.45) is 7.47. The number of ether oxygens (including phenoxy) is 1. The van der Waals surface area contributed by atoms with E-state index in [0.717, 1.165) is 38.1 Å². The molecule has 1 aliphatic heterocycles. The molecule has 1 saturated heterocycles. The zero-order valence-corrected chi connectivity index (χ0v) is 11.9. The van der Waals surface area contributed by atoms with Crippen LogP contribution in [0.1, 0.15) is 39.5 Å². The lowest BCUT2D eigenvalue weighted by Crippen LogP contribution is -2.43. The molecule has 0 amide bonds. The third-order valence-electron chi connectivity index (χ3n) is 4.24. The summed E-state index contributed by atoms with van der Waals surface area (Å²) >= 11 is 0. The number of hydrogen-bond acceptors (Lipinski definition) is 6. The van der Waals surface area contributed by atoms with Crippen molar-refractivity contribution >= 4 is 11.5 Å². The Morgan fingerprint density at radius 1 is 1.40 bits per heavy atom. The van der Waals surface area contributed by atoms with E-state index in [4.69, 9.17) is 4.74 Å². The maximum atomic E-state index is 6.00. The first-order chi connectivity index (χ1) is 9.76. The fourth-order valence-corrected chi connectivity index (χ4v) is 2.88. The summed E-state index contributed by atoms with van der Waals surface area (Å²) in [5.74, 6) is 0.834. The van der Waals surface area contributed by atoms with Crippen LogP contribution in [0.4, 0.5) is 5.82 Å². The number of tetrazole rings is 1. The predicted molar refractivity (Wildman–Crippen MR) is 74.5 cm³/mol. The number of nitrogens with zero attached hydrogens (tertiary/aromatic N) is 5. The second kappa shape index (κ2) is 5.32. The Morgan fingerprint density at radius 3 is 3.05 bits per heavy atom. The first kappa shape index (κ1) is 13.2. The molecule has 0 radical (unpaired) electrons. The average molecular weight is 276 g/mol. The minimum Gasteiger partial charge on any atom is -0.375 e. The van der Waals surface area contributed by atoms with Crippen molar-refractivity contribution in [1.29, 1.82) is 0 Å². The molecule has 7 heteroatoms. The Balaban J connectivity index is 1.79. The summed E-state index contributed by atoms with van der Waals surface area (Å²) in [6.45, 7) is 5.17. The highest BCUT2D eigenvalue weighted by Gasteiger charge is 2.34. The van der Waals surface area contributed by atoms with Gasteiger partial charge < -0.3 is 10.1 Å². The van der Waals surface area contributed by atoms with E-state index >= 15 is 0 Å². The van der Waals surface area contributed by atoms with Gasteiger partial charge in [0.15, 0.2) is 11.5 Å². The lowest BCUT2D eigenvalue weighted by molar-refractivity contribution is -0.0865. The van der Waals surface area contributed by atoms with Crippen molar-refractivity contribution in [1.82, 2.24) is 25.0 Å². The van der Waals surface area contributed by atoms with Gasteiger partial charge in [0.2, 0.25) is 0 Å². The minimum absolute atomic E-state index is 0.00213. The molecule has 108 valence electrons. The quantitative estimate of drug-likeness (QED) is 0.915. The molecule has 3 rings (SSSR count). The summed E-state index contributed by atoms with van der Waals surface area (Å²) in [4.78, 5) is 4.17. The largest absolute Gasteiger partial charge is 0.375 e. The van der Waals surface area contributed by atoms with E-state index in [0.29, 0.717) is 11.7 Å². The van der Waals surface area contributed by atoms with Gasteiger partial charge in [-0.15, -0.1) is 5.10 Å². The lowest BCUT2D eigenvalue weighted by atomic mass is 9.86. The normalized spacial score (nSPS) is 22.0. The van der Waals surface area contributed by atoms with E-state index in [1.165, 1.54) is 0 Å². The molecule has 0 aromatic carbocycles. The molecule has 3 heterocycles. The van der Waals surface area contributed by atoms with Gasteiger partial charge in [0.1, 0.15) is 0 Å². The van der Waals surface area contributed by atoms with Gasteiger partial charge in [-0.2, -0.15) is 4.52 Å². The van der Waals surface area contributed by atoms with Gasteiger partial charge >= 0.3 is 0 Å². The van der Waals surface area contributed by atoms with Gasteiger partial charge in [0, 0.05) is 12.6 Å². The minimum atomic E-state index is -0.00213. The van der Waals surface area contributed by atoms with Crippen LogP contribution in [0.2, 0.25) is 0 Å². The molecule has 1 unspecified atom stereocenters. The number of nitrogens with one attached hydrogen (secondary N) is 1. The number of aromatic nitrogens is 5. The fourth-order valence-electron chi connectivity index (χ4n) is 2.88. The van der Waals surface area contributed by atoms with Crippen molar-refractivity contribution in [3.05, 3.63) is 12.4 Å². The smallest absolute Gasteiger partial charge is 0.199 e. The number of fused-ring (bicyclic) bond motifs is 1. The lowest BCUT2D eigenvalue weighted by Gasteiger charge is -2.40. The maximum Gasteiger partial charge on any atom is 0.199 e. The molecule has 1 atom stereocenters. The molecule has 7 nitrogen and oxygen atoms in total. The molecular formula is C13H20N6O. The van der Waals surface area contributed by atoms with Crippen LogP contribution in [0, 0.1) is 0 Å². The zero-order valence-electron chi connectivity index (χ0n) is 11.9. The summed E-state index contributed by atoms with van der Waals surface area (Å²) in [5, 5.41) is 15.1. The maximum absolute atomic E-state index is 6.00. The SMILES string of the molecule is CCC1(CC)CC(Nc2cncc3nnnn23)CCO1. The molecule has 0 spiro atoms. The molecule has 20 heavy (non-hydrogen) atoms. The summed E-state index contributed by atoms with van der Waals surface area (Å²) in [5.41, 5.74) is 0.650. The van der Waals surface area contributed by atoms with E-state index in [-0.39, 0.29) is 5.60 Å². The highest BCUT2D eigenvalue weighted by Crippen LogP contribution is 2.32. The van der Waals surface area contributed by atoms with Crippen molar-refractivity contribution in [2.24, 2.45) is 0 Å². The highest BCUT2D eigenvalue weighted by atomic mass is 16.5. The summed E-state index contributed by atoms with van der Waals surface area (Å²) in [6, 6.07) is 0.361. The van der Waals surface area contributed by atoms with E-state index < -0.39 is 0 Å². The molecule has 1 N–H and O–H groups in total. The third kappa shape index (κ3) is 2.33. The highest BCUT2D eigenvalue weighted by molar-refractivity contribution is 5.44. The van der Waals surface area contributed by atoms with E-state index in [1.54, 1.807) is 16.9 Å². The molecule has 1 fully saturated rings. The molecule has 0 saturated carbocycles. The van der Waals surface area contributed by atoms with Crippen LogP contribution in [0.3, 0.4) is 0 Å². The Kier molecular flexibility index (Phi) is 3.52. The van der Waals surface area contributed by atoms with Crippen molar-refractivity contribution < 1.29 is 4.74 Å². The van der Waals surface area contributed by atoms with Crippen LogP contribution in [-0.4, -0.2) is 43.3 Å². The van der Waals surface area contributed by atoms with Gasteiger partial charge in [-0.25, -0.2) is 0 Å². The van der Waals surface area contributed by atoms with E-state index in [1.807, 2.05) is 0 Å². The molecule has 2 aromatic rings. The molecule has 0 bridgehead atoms. The fraction of sp³-hybridized carbons (Fsp3) is 0.692. The van der Waals surface area contributed by atoms with Crippen LogP contribution >= 0.6 is 0 Å². The second-order valence-electron chi connectivity index (χ2n) is 5.31. The van der Waals surface area contributed by atoms with E-state index in [2.05, 4.69) is 39.7 Å². The van der Waals surface area contributed by atoms with Crippen molar-refractivity contribution in [2.45, 2.75) is 51.2 Å². The van der Waals surface area contributed by atoms with Crippen LogP contribution in [-0.2, 0) is 4.74 Å². The molecule has 2 aromatic heterocycles. The third-order valence-corrected chi connectivity index (χ3v) is 4.24. The topological polar surface area (TPSA) is 77.2 Å². The van der Waals surface area contributed by atoms with Gasteiger partial charge in [-0.3, -0.25) is 4.98 Å². The number of anilines is 1. The Labute approximate surface area is 117 Å². The van der Waals surface area contributed by atoms with Gasteiger partial charge in [0.05, 0.1) is 18.0 Å². The van der Waals surface area contributed by atoms with Crippen molar-refractivity contribution in [3.63, 3.8) is 0 Å². The number of rotatable bonds is 4. The van der Waals surface area contributed by atoms with Crippen LogP contribution < -0.4 is 5.32 Å². The Morgan fingerprint density at radius 2 is 2.25 bits per heavy atom. The van der Waals surface area contributed by atoms with E-state index in [9.17, 15) is 0 Å². The van der Waals surface area contributed by atoms with Crippen molar-refractivity contribution in [2.75, 3.05) is 11.9 Å².